The zero-order valence-electron chi connectivity index (χ0n) is 16.6. The molecule has 1 aromatic heterocycles. The Morgan fingerprint density at radius 3 is 2.42 bits per heavy atom. The van der Waals surface area contributed by atoms with Crippen molar-refractivity contribution < 1.29 is 32.2 Å². The second-order valence-corrected chi connectivity index (χ2v) is 6.91. The van der Waals surface area contributed by atoms with Crippen molar-refractivity contribution in [1.29, 1.82) is 0 Å². The fourth-order valence-electron chi connectivity index (χ4n) is 2.77. The van der Waals surface area contributed by atoms with Gasteiger partial charge in [0.05, 0.1) is 28.0 Å². The second kappa shape index (κ2) is 8.84. The molecule has 3 aromatic rings. The van der Waals surface area contributed by atoms with Gasteiger partial charge in [-0.05, 0) is 44.2 Å². The number of hydrogen-bond donors (Lipinski definition) is 2. The van der Waals surface area contributed by atoms with Crippen molar-refractivity contribution in [2.75, 3.05) is 13.2 Å². The van der Waals surface area contributed by atoms with E-state index in [9.17, 15) is 27.5 Å². The normalized spacial score (nSPS) is 12.6. The minimum Gasteiger partial charge on any atom is -0.491 e. The van der Waals surface area contributed by atoms with Crippen molar-refractivity contribution in [3.63, 3.8) is 0 Å². The van der Waals surface area contributed by atoms with Crippen LogP contribution in [-0.2, 0) is 6.18 Å². The summed E-state index contributed by atoms with van der Waals surface area (Å²) in [7, 11) is 0. The van der Waals surface area contributed by atoms with Gasteiger partial charge in [-0.25, -0.2) is 14.4 Å². The highest BCUT2D eigenvalue weighted by atomic mass is 19.4. The van der Waals surface area contributed by atoms with Gasteiger partial charge in [0.25, 0.3) is 5.91 Å². The van der Waals surface area contributed by atoms with Crippen LogP contribution in [0.15, 0.2) is 36.4 Å². The summed E-state index contributed by atoms with van der Waals surface area (Å²) in [6, 6.07) is 6.21. The second-order valence-electron chi connectivity index (χ2n) is 6.91. The highest BCUT2D eigenvalue weighted by molar-refractivity contribution is 6.04. The summed E-state index contributed by atoms with van der Waals surface area (Å²) in [4.78, 5) is 21.1. The van der Waals surface area contributed by atoms with Gasteiger partial charge in [-0.15, -0.1) is 0 Å². The van der Waals surface area contributed by atoms with E-state index in [0.29, 0.717) is 11.4 Å². The maximum Gasteiger partial charge on any atom is 0.416 e. The molecule has 0 aliphatic heterocycles. The molecule has 0 aliphatic rings. The Morgan fingerprint density at radius 1 is 1.13 bits per heavy atom. The lowest BCUT2D eigenvalue weighted by molar-refractivity contribution is -0.137. The molecule has 1 amide bonds. The minimum atomic E-state index is -4.45. The minimum absolute atomic E-state index is 0.0264. The number of aliphatic hydroxyl groups excluding tert-OH is 1. The molecule has 0 spiro atoms. The third-order valence-electron chi connectivity index (χ3n) is 4.51. The number of amides is 1. The van der Waals surface area contributed by atoms with E-state index in [1.54, 1.807) is 13.8 Å². The van der Waals surface area contributed by atoms with Crippen molar-refractivity contribution >= 4 is 16.9 Å². The number of ether oxygens (including phenoxy) is 1. The molecule has 3 rings (SSSR count). The summed E-state index contributed by atoms with van der Waals surface area (Å²) < 4.78 is 56.8. The Balaban J connectivity index is 1.61. The predicted octanol–water partition coefficient (Wildman–Crippen LogP) is 3.57. The summed E-state index contributed by atoms with van der Waals surface area (Å²) in [5.74, 6) is -1.17. The molecule has 1 unspecified atom stereocenters. The van der Waals surface area contributed by atoms with Gasteiger partial charge in [-0.1, -0.05) is 0 Å². The predicted molar refractivity (Wildman–Crippen MR) is 104 cm³/mol. The molecular weight excluding hydrogens is 418 g/mol. The topological polar surface area (TPSA) is 84.3 Å². The Morgan fingerprint density at radius 2 is 1.77 bits per heavy atom. The molecule has 0 saturated carbocycles. The lowest BCUT2D eigenvalue weighted by Crippen LogP contribution is -2.35. The fourth-order valence-corrected chi connectivity index (χ4v) is 2.77. The quantitative estimate of drug-likeness (QED) is 0.576. The number of carbonyl (C=O) groups excluding carboxylic acids is 1. The molecule has 0 bridgehead atoms. The highest BCUT2D eigenvalue weighted by Crippen LogP contribution is 2.30. The van der Waals surface area contributed by atoms with Crippen molar-refractivity contribution in [1.82, 2.24) is 15.3 Å². The Bertz CT molecular complexity index is 1100. The first kappa shape index (κ1) is 22.4. The van der Waals surface area contributed by atoms with Crippen molar-refractivity contribution in [3.05, 3.63) is 64.7 Å². The molecule has 2 aromatic carbocycles. The number of aliphatic hydroxyl groups is 1. The molecule has 0 aliphatic carbocycles. The molecule has 0 saturated heterocycles. The number of halogens is 4. The van der Waals surface area contributed by atoms with Crippen LogP contribution in [0.1, 0.15) is 27.3 Å². The third-order valence-corrected chi connectivity index (χ3v) is 4.51. The van der Waals surface area contributed by atoms with Crippen LogP contribution in [0.2, 0.25) is 0 Å². The van der Waals surface area contributed by atoms with Crippen LogP contribution >= 0.6 is 0 Å². The maximum absolute atomic E-state index is 13.9. The van der Waals surface area contributed by atoms with E-state index in [2.05, 4.69) is 15.3 Å². The van der Waals surface area contributed by atoms with Gasteiger partial charge in [0.2, 0.25) is 0 Å². The van der Waals surface area contributed by atoms with E-state index in [1.807, 2.05) is 0 Å². The largest absolute Gasteiger partial charge is 0.491 e. The van der Waals surface area contributed by atoms with Gasteiger partial charge < -0.3 is 15.2 Å². The van der Waals surface area contributed by atoms with Crippen LogP contribution in [0.25, 0.3) is 11.0 Å². The molecule has 0 radical (unpaired) electrons. The monoisotopic (exact) mass is 437 g/mol. The first-order valence-corrected chi connectivity index (χ1v) is 9.25. The number of benzene rings is 2. The van der Waals surface area contributed by atoms with E-state index in [-0.39, 0.29) is 35.5 Å². The van der Waals surface area contributed by atoms with Gasteiger partial charge in [0, 0.05) is 12.6 Å². The summed E-state index contributed by atoms with van der Waals surface area (Å²) >= 11 is 0. The number of aromatic nitrogens is 2. The molecule has 2 N–H and O–H groups in total. The van der Waals surface area contributed by atoms with Crippen molar-refractivity contribution in [2.45, 2.75) is 26.1 Å². The molecule has 1 heterocycles. The summed E-state index contributed by atoms with van der Waals surface area (Å²) in [5, 5.41) is 12.5. The first-order chi connectivity index (χ1) is 14.5. The zero-order valence-corrected chi connectivity index (χ0v) is 16.6. The average Bonchev–Trinajstić information content (AvgIpc) is 2.70. The van der Waals surface area contributed by atoms with E-state index >= 15 is 0 Å². The van der Waals surface area contributed by atoms with Crippen LogP contribution in [0, 0.1) is 19.7 Å². The standard InChI is InChI=1S/C21H19F4N3O3/c1-11-12(2)28-19-17(7-14(22)8-18(19)27-11)20(30)26-9-15(29)10-31-16-5-3-13(4-6-16)21(23,24)25/h3-8,15,29H,9-10H2,1-2H3,(H,26,30). The molecule has 31 heavy (non-hydrogen) atoms. The number of nitrogens with zero attached hydrogens (tertiary/aromatic N) is 2. The number of alkyl halides is 3. The molecule has 1 atom stereocenters. The van der Waals surface area contributed by atoms with Crippen molar-refractivity contribution in [2.24, 2.45) is 0 Å². The average molecular weight is 437 g/mol. The van der Waals surface area contributed by atoms with Crippen molar-refractivity contribution in [3.8, 4) is 5.75 Å². The zero-order chi connectivity index (χ0) is 22.8. The fraction of sp³-hybridized carbons (Fsp3) is 0.286. The van der Waals surface area contributed by atoms with E-state index in [1.165, 1.54) is 6.07 Å². The molecular formula is C21H19F4N3O3. The van der Waals surface area contributed by atoms with Crippen LogP contribution < -0.4 is 10.1 Å². The van der Waals surface area contributed by atoms with Gasteiger partial charge in [0.1, 0.15) is 29.8 Å². The van der Waals surface area contributed by atoms with Crippen LogP contribution in [0.5, 0.6) is 5.75 Å². The molecule has 10 heteroatoms. The Kier molecular flexibility index (Phi) is 6.40. The molecule has 6 nitrogen and oxygen atoms in total. The van der Waals surface area contributed by atoms with E-state index < -0.39 is 29.6 Å². The number of hydrogen-bond acceptors (Lipinski definition) is 5. The summed E-state index contributed by atoms with van der Waals surface area (Å²) in [5.41, 5.74) is 0.834. The van der Waals surface area contributed by atoms with Crippen LogP contribution in [0.4, 0.5) is 17.6 Å². The number of aryl methyl sites for hydroxylation is 2. The van der Waals surface area contributed by atoms with Crippen LogP contribution in [-0.4, -0.2) is 40.2 Å². The van der Waals surface area contributed by atoms with E-state index in [0.717, 1.165) is 30.3 Å². The van der Waals surface area contributed by atoms with Gasteiger partial charge in [-0.3, -0.25) is 4.79 Å². The number of nitrogens with one attached hydrogen (secondary N) is 1. The number of fused-ring (bicyclic) bond motifs is 1. The Labute approximate surface area is 174 Å². The number of rotatable bonds is 6. The van der Waals surface area contributed by atoms with Gasteiger partial charge in [-0.2, -0.15) is 13.2 Å². The molecule has 0 fully saturated rings. The lowest BCUT2D eigenvalue weighted by Gasteiger charge is -2.14. The Hall–Kier alpha value is -3.27. The highest BCUT2D eigenvalue weighted by Gasteiger charge is 2.30. The maximum atomic E-state index is 13.9. The first-order valence-electron chi connectivity index (χ1n) is 9.25. The third kappa shape index (κ3) is 5.46. The smallest absolute Gasteiger partial charge is 0.416 e. The number of carbonyl (C=O) groups is 1. The van der Waals surface area contributed by atoms with Gasteiger partial charge in [0.15, 0.2) is 0 Å². The summed E-state index contributed by atoms with van der Waals surface area (Å²) in [6.45, 7) is 2.94. The van der Waals surface area contributed by atoms with Crippen LogP contribution in [0.3, 0.4) is 0 Å². The molecule has 164 valence electrons. The van der Waals surface area contributed by atoms with E-state index in [4.69, 9.17) is 4.74 Å². The summed E-state index contributed by atoms with van der Waals surface area (Å²) in [6.07, 6.45) is -5.61. The lowest BCUT2D eigenvalue weighted by atomic mass is 10.1. The van der Waals surface area contributed by atoms with Gasteiger partial charge >= 0.3 is 6.18 Å². The SMILES string of the molecule is Cc1nc2cc(F)cc(C(=O)NCC(O)COc3ccc(C(F)(F)F)cc3)c2nc1C.